The van der Waals surface area contributed by atoms with Gasteiger partial charge in [-0.25, -0.2) is 0 Å². The van der Waals surface area contributed by atoms with Crippen LogP contribution < -0.4 is 5.73 Å². The van der Waals surface area contributed by atoms with Gasteiger partial charge in [0.25, 0.3) is 0 Å². The van der Waals surface area contributed by atoms with Gasteiger partial charge in [-0.05, 0) is 6.92 Å². The standard InChI is InChI=1S/C3H7NO2/c1-2(4)3(5)6/h2H,4H2,1H3,(H,5,6)/t2-/m0/s1/i3+2. The molecule has 0 unspecified atom stereocenters. The van der Waals surface area contributed by atoms with E-state index in [-0.39, 0.29) is 0 Å². The van der Waals surface area contributed by atoms with Gasteiger partial charge in [0, 0.05) is 0 Å². The summed E-state index contributed by atoms with van der Waals surface area (Å²) in [5.74, 6) is -0.963. The van der Waals surface area contributed by atoms with Gasteiger partial charge in [-0.3, -0.25) is 4.79 Å². The fourth-order valence-electron chi connectivity index (χ4n) is 0. The number of carboxylic acid groups (broad SMARTS) is 1. The largest absolute Gasteiger partial charge is 0.480 e. The van der Waals surface area contributed by atoms with Crippen LogP contribution in [0.1, 0.15) is 6.92 Å². The van der Waals surface area contributed by atoms with Crippen molar-refractivity contribution in [2.75, 3.05) is 0 Å². The van der Waals surface area contributed by atoms with Crippen molar-refractivity contribution in [2.24, 2.45) is 5.73 Å². The second kappa shape index (κ2) is 1.77. The van der Waals surface area contributed by atoms with Crippen molar-refractivity contribution in [1.29, 1.82) is 0 Å². The summed E-state index contributed by atoms with van der Waals surface area (Å²) < 4.78 is 0. The maximum Gasteiger partial charge on any atom is 0.320 e. The lowest BCUT2D eigenvalue weighted by molar-refractivity contribution is -0.138. The maximum absolute atomic E-state index is 9.57. The quantitative estimate of drug-likeness (QED) is 0.453. The smallest absolute Gasteiger partial charge is 0.320 e. The van der Waals surface area contributed by atoms with E-state index in [0.29, 0.717) is 0 Å². The van der Waals surface area contributed by atoms with Crippen molar-refractivity contribution in [3.8, 4) is 0 Å². The van der Waals surface area contributed by atoms with Crippen LogP contribution in [0, 0.1) is 0 Å². The number of hydrogen-bond acceptors (Lipinski definition) is 2. The third kappa shape index (κ3) is 1.72. The molecule has 0 aromatic heterocycles. The van der Waals surface area contributed by atoms with Crippen molar-refractivity contribution >= 4 is 5.97 Å². The number of aliphatic carboxylic acids is 1. The lowest BCUT2D eigenvalue weighted by Crippen LogP contribution is -2.25. The molecular weight excluding hydrogens is 84.0 g/mol. The number of hydrogen-bond donors (Lipinski definition) is 2. The first-order valence-corrected chi connectivity index (χ1v) is 1.63. The van der Waals surface area contributed by atoms with Crippen molar-refractivity contribution in [1.82, 2.24) is 0 Å². The van der Waals surface area contributed by atoms with E-state index in [1.54, 1.807) is 0 Å². The number of carboxylic acids is 1. The molecule has 0 amide bonds. The molecule has 0 bridgehead atoms. The van der Waals surface area contributed by atoms with E-state index in [0.717, 1.165) is 0 Å². The molecule has 0 aliphatic rings. The van der Waals surface area contributed by atoms with E-state index in [2.05, 4.69) is 0 Å². The second-order valence-electron chi connectivity index (χ2n) is 1.13. The zero-order valence-electron chi connectivity index (χ0n) is 3.51. The Bertz CT molecular complexity index is 59.8. The van der Waals surface area contributed by atoms with Crippen molar-refractivity contribution < 1.29 is 9.90 Å². The van der Waals surface area contributed by atoms with E-state index < -0.39 is 12.0 Å². The van der Waals surface area contributed by atoms with Crippen LogP contribution in [0.5, 0.6) is 0 Å². The second-order valence-corrected chi connectivity index (χ2v) is 1.13. The Morgan fingerprint density at radius 2 is 2.17 bits per heavy atom. The molecule has 0 fully saturated rings. The first-order valence-electron chi connectivity index (χ1n) is 1.63. The average Bonchev–Trinajstić information content (AvgIpc) is 1.36. The van der Waals surface area contributed by atoms with Crippen molar-refractivity contribution in [2.45, 2.75) is 13.0 Å². The van der Waals surface area contributed by atoms with Crippen LogP contribution in [0.3, 0.4) is 0 Å². The fourth-order valence-corrected chi connectivity index (χ4v) is 0. The van der Waals surface area contributed by atoms with Gasteiger partial charge in [0.1, 0.15) is 6.04 Å². The SMILES string of the molecule is C[C@H](N)[14C](=O)O. The van der Waals surface area contributed by atoms with Gasteiger partial charge in [0.15, 0.2) is 0 Å². The van der Waals surface area contributed by atoms with Crippen LogP contribution >= 0.6 is 0 Å². The molecule has 0 heterocycles. The molecule has 0 saturated heterocycles. The predicted molar refractivity (Wildman–Crippen MR) is 21.3 cm³/mol. The number of carbonyl (C=O) groups is 1. The first kappa shape index (κ1) is 5.43. The Morgan fingerprint density at radius 1 is 2.00 bits per heavy atom. The lowest BCUT2D eigenvalue weighted by atomic mass is 10.7. The molecule has 3 heteroatoms. The molecule has 0 aliphatic carbocycles. The molecule has 36 valence electrons. The summed E-state index contributed by atoms with van der Waals surface area (Å²) in [5, 5.41) is 7.87. The average molecular weight is 91.1 g/mol. The summed E-state index contributed by atoms with van der Waals surface area (Å²) in [6, 6.07) is -0.731. The Morgan fingerprint density at radius 3 is 2.17 bits per heavy atom. The fraction of sp³-hybridized carbons (Fsp3) is 0.667. The summed E-state index contributed by atoms with van der Waals surface area (Å²) in [5.41, 5.74) is 4.84. The Kier molecular flexibility index (Phi) is 1.60. The summed E-state index contributed by atoms with van der Waals surface area (Å²) in [6.07, 6.45) is 0. The number of rotatable bonds is 1. The van der Waals surface area contributed by atoms with Gasteiger partial charge in [-0.2, -0.15) is 0 Å². The first-order chi connectivity index (χ1) is 2.64. The highest BCUT2D eigenvalue weighted by molar-refractivity contribution is 5.72. The molecular formula is C3H7NO2. The monoisotopic (exact) mass is 91.1 g/mol. The lowest BCUT2D eigenvalue weighted by Gasteiger charge is -1.90. The van der Waals surface area contributed by atoms with Gasteiger partial charge in [-0.1, -0.05) is 0 Å². The molecule has 3 N–H and O–H groups in total. The van der Waals surface area contributed by atoms with Gasteiger partial charge in [-0.15, -0.1) is 0 Å². The van der Waals surface area contributed by atoms with E-state index in [9.17, 15) is 4.79 Å². The minimum absolute atomic E-state index is 0.731. The van der Waals surface area contributed by atoms with E-state index >= 15 is 0 Å². The van der Waals surface area contributed by atoms with Crippen molar-refractivity contribution in [3.63, 3.8) is 0 Å². The van der Waals surface area contributed by atoms with Gasteiger partial charge in [0.2, 0.25) is 0 Å². The molecule has 0 radical (unpaired) electrons. The maximum atomic E-state index is 9.57. The normalized spacial score (nSPS) is 13.7. The summed E-state index contributed by atoms with van der Waals surface area (Å²) in [4.78, 5) is 9.57. The van der Waals surface area contributed by atoms with E-state index in [4.69, 9.17) is 10.8 Å². The predicted octanol–water partition coefficient (Wildman–Crippen LogP) is -0.582. The number of nitrogens with two attached hydrogens (primary N) is 1. The van der Waals surface area contributed by atoms with E-state index in [1.807, 2.05) is 0 Å². The third-order valence-electron chi connectivity index (χ3n) is 0.390. The summed E-state index contributed by atoms with van der Waals surface area (Å²) >= 11 is 0. The van der Waals surface area contributed by atoms with Crippen LogP contribution in [0.15, 0.2) is 0 Å². The van der Waals surface area contributed by atoms with Gasteiger partial charge < -0.3 is 10.8 Å². The third-order valence-corrected chi connectivity index (χ3v) is 0.390. The molecule has 1 atom stereocenters. The molecule has 0 spiro atoms. The van der Waals surface area contributed by atoms with Crippen LogP contribution in [0.25, 0.3) is 0 Å². The van der Waals surface area contributed by atoms with Crippen LogP contribution in [0.4, 0.5) is 0 Å². The van der Waals surface area contributed by atoms with Crippen LogP contribution in [-0.2, 0) is 4.79 Å². The highest BCUT2D eigenvalue weighted by atomic mass is 16.6. The van der Waals surface area contributed by atoms with E-state index in [1.165, 1.54) is 6.92 Å². The highest BCUT2D eigenvalue weighted by Gasteiger charge is 1.99. The van der Waals surface area contributed by atoms with Crippen LogP contribution in [-0.4, -0.2) is 17.1 Å². The molecule has 0 aromatic rings. The molecule has 0 saturated carbocycles. The molecule has 6 heavy (non-hydrogen) atoms. The zero-order chi connectivity index (χ0) is 5.15. The zero-order valence-corrected chi connectivity index (χ0v) is 3.51. The molecule has 0 rings (SSSR count). The molecule has 0 aliphatic heterocycles. The van der Waals surface area contributed by atoms with Crippen LogP contribution in [0.2, 0.25) is 0 Å². The Labute approximate surface area is 35.8 Å². The Hall–Kier alpha value is -0.570. The van der Waals surface area contributed by atoms with Crippen molar-refractivity contribution in [3.05, 3.63) is 0 Å². The summed E-state index contributed by atoms with van der Waals surface area (Å²) in [7, 11) is 0. The summed E-state index contributed by atoms with van der Waals surface area (Å²) in [6.45, 7) is 1.42. The highest BCUT2D eigenvalue weighted by Crippen LogP contribution is 1.68. The van der Waals surface area contributed by atoms with Gasteiger partial charge >= 0.3 is 5.97 Å². The molecule has 3 nitrogen and oxygen atoms in total. The van der Waals surface area contributed by atoms with Gasteiger partial charge in [0.05, 0.1) is 0 Å². The molecule has 0 aromatic carbocycles. The Balaban J connectivity index is 3.26. The topological polar surface area (TPSA) is 63.3 Å². The minimum Gasteiger partial charge on any atom is -0.480 e. The minimum atomic E-state index is -0.963.